The first-order valence-electron chi connectivity index (χ1n) is 8.83. The summed E-state index contributed by atoms with van der Waals surface area (Å²) in [6, 6.07) is 6.48. The third-order valence-corrected chi connectivity index (χ3v) is 4.10. The van der Waals surface area contributed by atoms with Crippen molar-refractivity contribution in [3.63, 3.8) is 0 Å². The number of carbonyl (C=O) groups is 3. The predicted molar refractivity (Wildman–Crippen MR) is 97.5 cm³/mol. The van der Waals surface area contributed by atoms with Crippen LogP contribution in [0.3, 0.4) is 0 Å². The van der Waals surface area contributed by atoms with Crippen LogP contribution in [-0.4, -0.2) is 67.5 Å². The SMILES string of the molecule is CCCCOC(=O)c1ccccc1NC(=O)C(=O)NN1CCN(C)CC1. The number of amides is 2. The fraction of sp³-hybridized carbons (Fsp3) is 0.500. The lowest BCUT2D eigenvalue weighted by Gasteiger charge is -2.32. The summed E-state index contributed by atoms with van der Waals surface area (Å²) >= 11 is 0. The van der Waals surface area contributed by atoms with Gasteiger partial charge in [0.15, 0.2) is 0 Å². The van der Waals surface area contributed by atoms with Gasteiger partial charge in [0.25, 0.3) is 0 Å². The van der Waals surface area contributed by atoms with Gasteiger partial charge in [0.2, 0.25) is 0 Å². The topological polar surface area (TPSA) is 91.0 Å². The number of likely N-dealkylation sites (N-methyl/N-ethyl adjacent to an activating group) is 1. The lowest BCUT2D eigenvalue weighted by Crippen LogP contribution is -2.54. The Morgan fingerprint density at radius 3 is 2.46 bits per heavy atom. The van der Waals surface area contributed by atoms with E-state index in [1.54, 1.807) is 29.3 Å². The number of hydrogen-bond acceptors (Lipinski definition) is 6. The first-order chi connectivity index (χ1) is 12.5. The fourth-order valence-corrected chi connectivity index (χ4v) is 2.45. The molecule has 0 aromatic heterocycles. The van der Waals surface area contributed by atoms with Gasteiger partial charge in [-0.2, -0.15) is 0 Å². The number of carbonyl (C=O) groups excluding carboxylic acids is 3. The minimum atomic E-state index is -0.822. The average molecular weight is 362 g/mol. The lowest BCUT2D eigenvalue weighted by molar-refractivity contribution is -0.139. The second kappa shape index (κ2) is 9.88. The smallest absolute Gasteiger partial charge is 0.340 e. The highest BCUT2D eigenvalue weighted by Gasteiger charge is 2.22. The lowest BCUT2D eigenvalue weighted by atomic mass is 10.2. The fourth-order valence-electron chi connectivity index (χ4n) is 2.45. The molecule has 0 atom stereocenters. The molecule has 26 heavy (non-hydrogen) atoms. The van der Waals surface area contributed by atoms with Crippen molar-refractivity contribution >= 4 is 23.5 Å². The molecule has 1 aromatic carbocycles. The van der Waals surface area contributed by atoms with E-state index in [2.05, 4.69) is 15.6 Å². The number of para-hydroxylation sites is 1. The molecule has 0 saturated carbocycles. The van der Waals surface area contributed by atoms with E-state index in [4.69, 9.17) is 4.74 Å². The number of nitrogens with zero attached hydrogens (tertiary/aromatic N) is 2. The van der Waals surface area contributed by atoms with E-state index in [0.29, 0.717) is 19.7 Å². The summed E-state index contributed by atoms with van der Waals surface area (Å²) in [4.78, 5) is 38.6. The van der Waals surface area contributed by atoms with E-state index in [1.165, 1.54) is 0 Å². The molecule has 0 radical (unpaired) electrons. The second-order valence-corrected chi connectivity index (χ2v) is 6.22. The maximum atomic E-state index is 12.2. The molecular weight excluding hydrogens is 336 g/mol. The van der Waals surface area contributed by atoms with Crippen LogP contribution in [0.15, 0.2) is 24.3 Å². The first-order valence-corrected chi connectivity index (χ1v) is 8.83. The number of ether oxygens (including phenoxy) is 1. The molecule has 0 aliphatic carbocycles. The van der Waals surface area contributed by atoms with Gasteiger partial charge in [-0.1, -0.05) is 25.5 Å². The van der Waals surface area contributed by atoms with Gasteiger partial charge < -0.3 is 15.0 Å². The van der Waals surface area contributed by atoms with Crippen molar-refractivity contribution in [3.8, 4) is 0 Å². The number of esters is 1. The Kier molecular flexibility index (Phi) is 7.55. The molecule has 1 heterocycles. The summed E-state index contributed by atoms with van der Waals surface area (Å²) in [5.41, 5.74) is 3.07. The van der Waals surface area contributed by atoms with Crippen LogP contribution in [0.25, 0.3) is 0 Å². The summed E-state index contributed by atoms with van der Waals surface area (Å²) in [5, 5.41) is 4.21. The van der Waals surface area contributed by atoms with Crippen LogP contribution >= 0.6 is 0 Å². The summed E-state index contributed by atoms with van der Waals surface area (Å²) in [6.07, 6.45) is 1.69. The predicted octanol–water partition coefficient (Wildman–Crippen LogP) is 0.861. The standard InChI is InChI=1S/C18H26N4O4/c1-3-4-13-26-18(25)14-7-5-6-8-15(14)19-16(23)17(24)20-22-11-9-21(2)10-12-22/h5-8H,3-4,9-13H2,1-2H3,(H,19,23)(H,20,24). The van der Waals surface area contributed by atoms with Gasteiger partial charge in [-0.3, -0.25) is 15.0 Å². The highest BCUT2D eigenvalue weighted by Crippen LogP contribution is 2.16. The number of unbranched alkanes of at least 4 members (excludes halogenated alkanes) is 1. The van der Waals surface area contributed by atoms with Crippen molar-refractivity contribution in [2.75, 3.05) is 45.2 Å². The zero-order chi connectivity index (χ0) is 18.9. The minimum absolute atomic E-state index is 0.226. The van der Waals surface area contributed by atoms with E-state index < -0.39 is 17.8 Å². The molecule has 1 aromatic rings. The van der Waals surface area contributed by atoms with E-state index >= 15 is 0 Å². The van der Waals surface area contributed by atoms with Gasteiger partial charge in [-0.25, -0.2) is 9.80 Å². The van der Waals surface area contributed by atoms with Gasteiger partial charge in [-0.05, 0) is 25.6 Å². The molecule has 1 fully saturated rings. The third kappa shape index (κ3) is 5.82. The maximum absolute atomic E-state index is 12.2. The van der Waals surface area contributed by atoms with E-state index in [0.717, 1.165) is 25.9 Å². The second-order valence-electron chi connectivity index (χ2n) is 6.22. The largest absolute Gasteiger partial charge is 0.462 e. The number of rotatable bonds is 6. The Bertz CT molecular complexity index is 642. The van der Waals surface area contributed by atoms with Crippen LogP contribution < -0.4 is 10.7 Å². The molecule has 1 saturated heterocycles. The van der Waals surface area contributed by atoms with Crippen molar-refractivity contribution in [2.24, 2.45) is 0 Å². The van der Waals surface area contributed by atoms with E-state index in [9.17, 15) is 14.4 Å². The summed E-state index contributed by atoms with van der Waals surface area (Å²) in [7, 11) is 2.00. The van der Waals surface area contributed by atoms with Crippen LogP contribution in [0, 0.1) is 0 Å². The number of piperazine rings is 1. The highest BCUT2D eigenvalue weighted by atomic mass is 16.5. The molecular formula is C18H26N4O4. The number of anilines is 1. The molecule has 2 N–H and O–H groups in total. The molecule has 0 bridgehead atoms. The van der Waals surface area contributed by atoms with Gasteiger partial charge in [-0.15, -0.1) is 0 Å². The molecule has 1 aliphatic heterocycles. The van der Waals surface area contributed by atoms with Crippen molar-refractivity contribution < 1.29 is 19.1 Å². The average Bonchev–Trinajstić information content (AvgIpc) is 2.64. The van der Waals surface area contributed by atoms with Crippen molar-refractivity contribution in [2.45, 2.75) is 19.8 Å². The van der Waals surface area contributed by atoms with Crippen LogP contribution in [0.5, 0.6) is 0 Å². The first kappa shape index (κ1) is 19.9. The van der Waals surface area contributed by atoms with Gasteiger partial charge in [0.1, 0.15) is 0 Å². The molecule has 0 spiro atoms. The monoisotopic (exact) mass is 362 g/mol. The van der Waals surface area contributed by atoms with Crippen LogP contribution in [0.2, 0.25) is 0 Å². The van der Waals surface area contributed by atoms with Crippen LogP contribution in [0.1, 0.15) is 30.1 Å². The maximum Gasteiger partial charge on any atom is 0.340 e. The van der Waals surface area contributed by atoms with Gasteiger partial charge >= 0.3 is 17.8 Å². The Labute approximate surface area is 153 Å². The number of hydrogen-bond donors (Lipinski definition) is 2. The van der Waals surface area contributed by atoms with Gasteiger partial charge in [0, 0.05) is 26.2 Å². The Balaban J connectivity index is 1.93. The number of nitrogens with one attached hydrogen (secondary N) is 2. The van der Waals surface area contributed by atoms with Crippen molar-refractivity contribution in [1.82, 2.24) is 15.3 Å². The molecule has 2 amide bonds. The number of hydrazine groups is 1. The highest BCUT2D eigenvalue weighted by molar-refractivity contribution is 6.39. The molecule has 1 aliphatic rings. The number of benzene rings is 1. The summed E-state index contributed by atoms with van der Waals surface area (Å²) in [5.74, 6) is -2.10. The van der Waals surface area contributed by atoms with Crippen LogP contribution in [-0.2, 0) is 14.3 Å². The molecule has 8 nitrogen and oxygen atoms in total. The molecule has 0 unspecified atom stereocenters. The van der Waals surface area contributed by atoms with Crippen molar-refractivity contribution in [1.29, 1.82) is 0 Å². The van der Waals surface area contributed by atoms with E-state index in [1.807, 2.05) is 14.0 Å². The Hall–Kier alpha value is -2.45. The molecule has 8 heteroatoms. The molecule has 142 valence electrons. The summed E-state index contributed by atoms with van der Waals surface area (Å²) < 4.78 is 5.18. The van der Waals surface area contributed by atoms with Crippen molar-refractivity contribution in [3.05, 3.63) is 29.8 Å². The third-order valence-electron chi connectivity index (χ3n) is 4.10. The Morgan fingerprint density at radius 1 is 1.08 bits per heavy atom. The normalized spacial score (nSPS) is 15.3. The zero-order valence-corrected chi connectivity index (χ0v) is 15.3. The molecule has 2 rings (SSSR count). The van der Waals surface area contributed by atoms with Crippen LogP contribution in [0.4, 0.5) is 5.69 Å². The zero-order valence-electron chi connectivity index (χ0n) is 15.3. The quantitative estimate of drug-likeness (QED) is 0.443. The van der Waals surface area contributed by atoms with E-state index in [-0.39, 0.29) is 11.3 Å². The van der Waals surface area contributed by atoms with Gasteiger partial charge in [0.05, 0.1) is 17.9 Å². The Morgan fingerprint density at radius 2 is 1.77 bits per heavy atom. The summed E-state index contributed by atoms with van der Waals surface area (Å²) in [6.45, 7) is 5.25. The minimum Gasteiger partial charge on any atom is -0.462 e.